The van der Waals surface area contributed by atoms with Gasteiger partial charge >= 0.3 is 12.1 Å². The molecule has 1 rings (SSSR count). The van der Waals surface area contributed by atoms with E-state index in [1.54, 1.807) is 11.8 Å². The van der Waals surface area contributed by atoms with E-state index in [2.05, 4.69) is 24.5 Å². The number of nitrogens with one attached hydrogen (secondary N) is 2. The highest BCUT2D eigenvalue weighted by Crippen LogP contribution is 2.11. The smallest absolute Gasteiger partial charge is 0.409 e. The van der Waals surface area contributed by atoms with Crippen molar-refractivity contribution in [2.45, 2.75) is 58.5 Å². The molecule has 20 heavy (non-hydrogen) atoms. The van der Waals surface area contributed by atoms with Crippen LogP contribution < -0.4 is 10.6 Å². The number of hydrogen-bond donors (Lipinski definition) is 2. The zero-order valence-electron chi connectivity index (χ0n) is 12.8. The fraction of sp³-hybridized carbons (Fsp3) is 0.857. The normalized spacial score (nSPS) is 16.1. The van der Waals surface area contributed by atoms with E-state index in [1.807, 2.05) is 0 Å². The Labute approximate surface area is 121 Å². The fourth-order valence-electron chi connectivity index (χ4n) is 2.33. The number of likely N-dealkylation sites (tertiary alicyclic amines) is 1. The minimum Gasteiger partial charge on any atom is -0.450 e. The second kappa shape index (κ2) is 8.66. The Morgan fingerprint density at radius 1 is 1.20 bits per heavy atom. The Kier molecular flexibility index (Phi) is 7.18. The summed E-state index contributed by atoms with van der Waals surface area (Å²) in [7, 11) is 0. The average Bonchev–Trinajstić information content (AvgIpc) is 2.45. The van der Waals surface area contributed by atoms with Gasteiger partial charge in [-0.2, -0.15) is 0 Å². The van der Waals surface area contributed by atoms with Crippen molar-refractivity contribution in [3.8, 4) is 0 Å². The van der Waals surface area contributed by atoms with Crippen LogP contribution in [0.25, 0.3) is 0 Å². The molecule has 0 aromatic rings. The van der Waals surface area contributed by atoms with E-state index in [1.165, 1.54) is 0 Å². The second-order valence-corrected chi connectivity index (χ2v) is 5.09. The molecule has 116 valence electrons. The van der Waals surface area contributed by atoms with E-state index >= 15 is 0 Å². The molecule has 6 nitrogen and oxygen atoms in total. The van der Waals surface area contributed by atoms with E-state index < -0.39 is 0 Å². The molecule has 0 bridgehead atoms. The lowest BCUT2D eigenvalue weighted by molar-refractivity contribution is 0.0957. The van der Waals surface area contributed by atoms with Gasteiger partial charge < -0.3 is 20.3 Å². The number of rotatable bonds is 5. The number of carbonyl (C=O) groups is 2. The van der Waals surface area contributed by atoms with Crippen molar-refractivity contribution < 1.29 is 14.3 Å². The summed E-state index contributed by atoms with van der Waals surface area (Å²) >= 11 is 0. The molecule has 6 heteroatoms. The van der Waals surface area contributed by atoms with Gasteiger partial charge in [0.25, 0.3) is 0 Å². The summed E-state index contributed by atoms with van der Waals surface area (Å²) in [5, 5.41) is 5.94. The summed E-state index contributed by atoms with van der Waals surface area (Å²) in [6, 6.07) is 0.262. The number of urea groups is 1. The van der Waals surface area contributed by atoms with Gasteiger partial charge in [-0.05, 0) is 32.6 Å². The summed E-state index contributed by atoms with van der Waals surface area (Å²) in [5.74, 6) is 0. The molecular weight excluding hydrogens is 258 g/mol. The quantitative estimate of drug-likeness (QED) is 0.812. The molecular formula is C14H27N3O3. The number of nitrogens with zero attached hydrogens (tertiary/aromatic N) is 1. The Bertz CT molecular complexity index is 311. The van der Waals surface area contributed by atoms with Gasteiger partial charge in [0.2, 0.25) is 0 Å². The number of piperidine rings is 1. The zero-order valence-corrected chi connectivity index (χ0v) is 12.8. The van der Waals surface area contributed by atoms with Gasteiger partial charge in [-0.1, -0.05) is 13.8 Å². The Morgan fingerprint density at radius 2 is 1.80 bits per heavy atom. The molecule has 0 radical (unpaired) electrons. The van der Waals surface area contributed by atoms with Crippen LogP contribution in [0.5, 0.6) is 0 Å². The van der Waals surface area contributed by atoms with Gasteiger partial charge in [0.15, 0.2) is 0 Å². The Balaban J connectivity index is 2.28. The average molecular weight is 285 g/mol. The van der Waals surface area contributed by atoms with Crippen molar-refractivity contribution in [1.82, 2.24) is 15.5 Å². The van der Waals surface area contributed by atoms with Crippen molar-refractivity contribution >= 4 is 12.1 Å². The molecule has 0 aliphatic carbocycles. The monoisotopic (exact) mass is 285 g/mol. The fourth-order valence-corrected chi connectivity index (χ4v) is 2.33. The lowest BCUT2D eigenvalue weighted by Gasteiger charge is -2.32. The maximum atomic E-state index is 11.8. The highest BCUT2D eigenvalue weighted by molar-refractivity contribution is 5.74. The maximum Gasteiger partial charge on any atom is 0.409 e. The standard InChI is InChI=1S/C14H27N3O3/c1-4-11(5-2)15-13(18)16-12-7-9-17(10-8-12)14(19)20-6-3/h11-12H,4-10H2,1-3H3,(H2,15,16,18). The molecule has 0 atom stereocenters. The Morgan fingerprint density at radius 3 is 2.30 bits per heavy atom. The van der Waals surface area contributed by atoms with Crippen LogP contribution in [-0.2, 0) is 4.74 Å². The predicted molar refractivity (Wildman–Crippen MR) is 77.7 cm³/mol. The van der Waals surface area contributed by atoms with Crippen molar-refractivity contribution in [3.63, 3.8) is 0 Å². The van der Waals surface area contributed by atoms with Crippen LogP contribution in [0.4, 0.5) is 9.59 Å². The third-order valence-corrected chi connectivity index (χ3v) is 3.68. The van der Waals surface area contributed by atoms with Gasteiger partial charge in [0, 0.05) is 25.2 Å². The molecule has 2 N–H and O–H groups in total. The molecule has 0 saturated carbocycles. The highest BCUT2D eigenvalue weighted by Gasteiger charge is 2.24. The minimum absolute atomic E-state index is 0.103. The first-order valence-electron chi connectivity index (χ1n) is 7.59. The van der Waals surface area contributed by atoms with E-state index in [-0.39, 0.29) is 24.2 Å². The van der Waals surface area contributed by atoms with Gasteiger partial charge in [-0.25, -0.2) is 9.59 Å². The van der Waals surface area contributed by atoms with Crippen LogP contribution >= 0.6 is 0 Å². The first-order chi connectivity index (χ1) is 9.60. The summed E-state index contributed by atoms with van der Waals surface area (Å²) in [5.41, 5.74) is 0. The summed E-state index contributed by atoms with van der Waals surface area (Å²) in [6.45, 7) is 7.59. The SMILES string of the molecule is CCOC(=O)N1CCC(NC(=O)NC(CC)CC)CC1. The van der Waals surface area contributed by atoms with Crippen molar-refractivity contribution in [3.05, 3.63) is 0 Å². The first kappa shape index (κ1) is 16.6. The molecule has 1 saturated heterocycles. The van der Waals surface area contributed by atoms with E-state index in [0.717, 1.165) is 25.7 Å². The molecule has 0 aromatic heterocycles. The van der Waals surface area contributed by atoms with Crippen molar-refractivity contribution in [2.24, 2.45) is 0 Å². The largest absolute Gasteiger partial charge is 0.450 e. The van der Waals surface area contributed by atoms with Crippen molar-refractivity contribution in [2.75, 3.05) is 19.7 Å². The number of hydrogen-bond acceptors (Lipinski definition) is 3. The maximum absolute atomic E-state index is 11.8. The molecule has 3 amide bonds. The minimum atomic E-state index is -0.257. The molecule has 1 heterocycles. The third-order valence-electron chi connectivity index (χ3n) is 3.68. The molecule has 0 unspecified atom stereocenters. The van der Waals surface area contributed by atoms with Crippen LogP contribution in [0.1, 0.15) is 46.5 Å². The van der Waals surface area contributed by atoms with E-state index in [9.17, 15) is 9.59 Å². The molecule has 0 aromatic carbocycles. The summed E-state index contributed by atoms with van der Waals surface area (Å²) in [4.78, 5) is 25.1. The van der Waals surface area contributed by atoms with Crippen LogP contribution in [0.3, 0.4) is 0 Å². The van der Waals surface area contributed by atoms with E-state index in [0.29, 0.717) is 19.7 Å². The highest BCUT2D eigenvalue weighted by atomic mass is 16.6. The van der Waals surface area contributed by atoms with Crippen molar-refractivity contribution in [1.29, 1.82) is 0 Å². The summed E-state index contributed by atoms with van der Waals surface area (Å²) in [6.07, 6.45) is 3.16. The number of ether oxygens (including phenoxy) is 1. The molecule has 1 aliphatic heterocycles. The summed E-state index contributed by atoms with van der Waals surface area (Å²) < 4.78 is 4.97. The number of amides is 3. The van der Waals surface area contributed by atoms with Gasteiger partial charge in [-0.3, -0.25) is 0 Å². The predicted octanol–water partition coefficient (Wildman–Crippen LogP) is 2.10. The third kappa shape index (κ3) is 5.27. The molecule has 0 spiro atoms. The zero-order chi connectivity index (χ0) is 15.0. The Hall–Kier alpha value is -1.46. The van der Waals surface area contributed by atoms with Crippen LogP contribution in [0.15, 0.2) is 0 Å². The lowest BCUT2D eigenvalue weighted by Crippen LogP contribution is -2.50. The van der Waals surface area contributed by atoms with Gasteiger partial charge in [0.05, 0.1) is 6.61 Å². The van der Waals surface area contributed by atoms with Gasteiger partial charge in [-0.15, -0.1) is 0 Å². The van der Waals surface area contributed by atoms with Crippen LogP contribution in [0, 0.1) is 0 Å². The molecule has 1 fully saturated rings. The second-order valence-electron chi connectivity index (χ2n) is 5.09. The van der Waals surface area contributed by atoms with Crippen LogP contribution in [0.2, 0.25) is 0 Å². The van der Waals surface area contributed by atoms with E-state index in [4.69, 9.17) is 4.74 Å². The lowest BCUT2D eigenvalue weighted by atomic mass is 10.1. The first-order valence-corrected chi connectivity index (χ1v) is 7.59. The topological polar surface area (TPSA) is 70.7 Å². The van der Waals surface area contributed by atoms with Gasteiger partial charge in [0.1, 0.15) is 0 Å². The molecule has 1 aliphatic rings. The number of carbonyl (C=O) groups excluding carboxylic acids is 2. The van der Waals surface area contributed by atoms with Crippen LogP contribution in [-0.4, -0.2) is 48.8 Å².